The number of aromatic amines is 1. The Bertz CT molecular complexity index is 858. The van der Waals surface area contributed by atoms with Crippen molar-refractivity contribution < 1.29 is 4.79 Å². The lowest BCUT2D eigenvalue weighted by Gasteiger charge is -2.29. The summed E-state index contributed by atoms with van der Waals surface area (Å²) in [6, 6.07) is 5.89. The van der Waals surface area contributed by atoms with Crippen LogP contribution in [-0.4, -0.2) is 37.5 Å². The lowest BCUT2D eigenvalue weighted by molar-refractivity contribution is -0.132. The van der Waals surface area contributed by atoms with Gasteiger partial charge in [-0.25, -0.2) is 4.98 Å². The molecule has 0 aliphatic carbocycles. The van der Waals surface area contributed by atoms with Gasteiger partial charge in [-0.1, -0.05) is 6.07 Å². The van der Waals surface area contributed by atoms with Crippen LogP contribution in [0.5, 0.6) is 0 Å². The highest BCUT2D eigenvalue weighted by atomic mass is 16.2. The number of H-pyrrole nitrogens is 1. The van der Waals surface area contributed by atoms with Gasteiger partial charge in [0, 0.05) is 43.0 Å². The van der Waals surface area contributed by atoms with Gasteiger partial charge in [0.05, 0.1) is 6.20 Å². The van der Waals surface area contributed by atoms with Crippen molar-refractivity contribution in [2.75, 3.05) is 6.54 Å². The van der Waals surface area contributed by atoms with Gasteiger partial charge in [-0.15, -0.1) is 0 Å². The Kier molecular flexibility index (Phi) is 3.94. The largest absolute Gasteiger partial charge is 0.338 e. The Morgan fingerprint density at radius 2 is 2.21 bits per heavy atom. The van der Waals surface area contributed by atoms with E-state index in [0.29, 0.717) is 13.0 Å². The second-order valence-corrected chi connectivity index (χ2v) is 6.13. The molecule has 4 heterocycles. The minimum atomic E-state index is 0.212. The molecular weight excluding hydrogens is 302 g/mol. The normalized spacial score (nSPS) is 13.9. The smallest absolute Gasteiger partial charge is 0.222 e. The van der Waals surface area contributed by atoms with Gasteiger partial charge in [-0.05, 0) is 42.5 Å². The summed E-state index contributed by atoms with van der Waals surface area (Å²) in [5, 5.41) is 8.04. The van der Waals surface area contributed by atoms with Gasteiger partial charge in [0.15, 0.2) is 5.65 Å². The Hall–Kier alpha value is -2.76. The molecule has 3 aromatic rings. The molecule has 0 spiro atoms. The molecule has 24 heavy (non-hydrogen) atoms. The second kappa shape index (κ2) is 6.39. The second-order valence-electron chi connectivity index (χ2n) is 6.13. The maximum atomic E-state index is 12.5. The first-order valence-corrected chi connectivity index (χ1v) is 8.29. The highest BCUT2D eigenvalue weighted by Gasteiger charge is 2.22. The summed E-state index contributed by atoms with van der Waals surface area (Å²) >= 11 is 0. The molecule has 0 bridgehead atoms. The van der Waals surface area contributed by atoms with Crippen LogP contribution < -0.4 is 0 Å². The summed E-state index contributed by atoms with van der Waals surface area (Å²) < 4.78 is 0. The number of fused-ring (bicyclic) bond motifs is 3. The number of nitrogens with one attached hydrogen (secondary N) is 1. The fourth-order valence-corrected chi connectivity index (χ4v) is 3.29. The van der Waals surface area contributed by atoms with E-state index in [1.165, 1.54) is 5.56 Å². The number of aromatic nitrogens is 4. The lowest BCUT2D eigenvalue weighted by Crippen LogP contribution is -2.36. The first-order chi connectivity index (χ1) is 11.8. The van der Waals surface area contributed by atoms with Crippen LogP contribution in [0.3, 0.4) is 0 Å². The number of amides is 1. The molecule has 4 rings (SSSR count). The van der Waals surface area contributed by atoms with Gasteiger partial charge >= 0.3 is 0 Å². The molecular formula is C18H19N5O. The molecule has 1 aliphatic heterocycles. The van der Waals surface area contributed by atoms with E-state index in [1.807, 2.05) is 35.5 Å². The Morgan fingerprint density at radius 1 is 1.25 bits per heavy atom. The molecule has 6 heteroatoms. The average molecular weight is 321 g/mol. The van der Waals surface area contributed by atoms with Crippen molar-refractivity contribution in [2.45, 2.75) is 32.2 Å². The summed E-state index contributed by atoms with van der Waals surface area (Å²) in [4.78, 5) is 23.1. The third-order valence-corrected chi connectivity index (χ3v) is 4.58. The highest BCUT2D eigenvalue weighted by Crippen LogP contribution is 2.25. The molecule has 0 saturated carbocycles. The van der Waals surface area contributed by atoms with E-state index in [-0.39, 0.29) is 5.91 Å². The number of hydrogen-bond acceptors (Lipinski definition) is 4. The fraction of sp³-hybridized carbons (Fsp3) is 0.333. The van der Waals surface area contributed by atoms with Gasteiger partial charge in [-0.3, -0.25) is 14.9 Å². The number of nitrogens with zero attached hydrogens (tertiary/aromatic N) is 4. The van der Waals surface area contributed by atoms with Crippen molar-refractivity contribution in [3.63, 3.8) is 0 Å². The van der Waals surface area contributed by atoms with Crippen LogP contribution in [-0.2, 0) is 24.2 Å². The zero-order valence-electron chi connectivity index (χ0n) is 13.4. The van der Waals surface area contributed by atoms with Crippen LogP contribution in [0, 0.1) is 0 Å². The number of pyridine rings is 2. The quantitative estimate of drug-likeness (QED) is 0.800. The SMILES string of the molecule is O=C(CCCc1ccccn1)N1CCc2c(cnc3[nH]ncc23)C1. The molecule has 1 aliphatic rings. The van der Waals surface area contributed by atoms with Crippen LogP contribution in [0.4, 0.5) is 0 Å². The highest BCUT2D eigenvalue weighted by molar-refractivity contribution is 5.81. The molecule has 1 N–H and O–H groups in total. The molecule has 0 saturated heterocycles. The first kappa shape index (κ1) is 14.8. The van der Waals surface area contributed by atoms with Crippen LogP contribution in [0.2, 0.25) is 0 Å². The number of carbonyl (C=O) groups excluding carboxylic acids is 1. The molecule has 6 nitrogen and oxygen atoms in total. The maximum Gasteiger partial charge on any atom is 0.222 e. The third kappa shape index (κ3) is 2.87. The van der Waals surface area contributed by atoms with E-state index in [1.54, 1.807) is 6.20 Å². The van der Waals surface area contributed by atoms with Gasteiger partial charge < -0.3 is 4.90 Å². The van der Waals surface area contributed by atoms with E-state index in [4.69, 9.17) is 0 Å². The van der Waals surface area contributed by atoms with E-state index in [2.05, 4.69) is 20.2 Å². The van der Waals surface area contributed by atoms with Crippen LogP contribution in [0.1, 0.15) is 29.7 Å². The van der Waals surface area contributed by atoms with Gasteiger partial charge in [0.1, 0.15) is 0 Å². The molecule has 3 aromatic heterocycles. The van der Waals surface area contributed by atoms with E-state index in [9.17, 15) is 4.79 Å². The monoisotopic (exact) mass is 321 g/mol. The molecule has 0 atom stereocenters. The molecule has 122 valence electrons. The number of carbonyl (C=O) groups is 1. The topological polar surface area (TPSA) is 74.8 Å². The van der Waals surface area contributed by atoms with Gasteiger partial charge in [-0.2, -0.15) is 5.10 Å². The van der Waals surface area contributed by atoms with Crippen molar-refractivity contribution in [3.8, 4) is 0 Å². The molecule has 0 aromatic carbocycles. The Labute approximate surface area is 139 Å². The minimum Gasteiger partial charge on any atom is -0.338 e. The summed E-state index contributed by atoms with van der Waals surface area (Å²) in [5.41, 5.74) is 4.27. The van der Waals surface area contributed by atoms with Gasteiger partial charge in [0.25, 0.3) is 0 Å². The fourth-order valence-electron chi connectivity index (χ4n) is 3.29. The van der Waals surface area contributed by atoms with Crippen molar-refractivity contribution in [2.24, 2.45) is 0 Å². The molecule has 0 fully saturated rings. The zero-order chi connectivity index (χ0) is 16.4. The number of rotatable bonds is 4. The van der Waals surface area contributed by atoms with Crippen LogP contribution in [0.25, 0.3) is 11.0 Å². The maximum absolute atomic E-state index is 12.5. The minimum absolute atomic E-state index is 0.212. The van der Waals surface area contributed by atoms with Crippen molar-refractivity contribution in [1.82, 2.24) is 25.1 Å². The van der Waals surface area contributed by atoms with Crippen LogP contribution in [0.15, 0.2) is 36.8 Å². The number of hydrogen-bond donors (Lipinski definition) is 1. The van der Waals surface area contributed by atoms with Gasteiger partial charge in [0.2, 0.25) is 5.91 Å². The molecule has 1 amide bonds. The summed E-state index contributed by atoms with van der Waals surface area (Å²) in [6.45, 7) is 1.41. The Morgan fingerprint density at radius 3 is 3.08 bits per heavy atom. The summed E-state index contributed by atoms with van der Waals surface area (Å²) in [5.74, 6) is 0.212. The van der Waals surface area contributed by atoms with E-state index in [0.717, 1.165) is 48.1 Å². The van der Waals surface area contributed by atoms with E-state index >= 15 is 0 Å². The predicted molar refractivity (Wildman–Crippen MR) is 90.2 cm³/mol. The third-order valence-electron chi connectivity index (χ3n) is 4.58. The van der Waals surface area contributed by atoms with Crippen molar-refractivity contribution in [1.29, 1.82) is 0 Å². The van der Waals surface area contributed by atoms with Crippen LogP contribution >= 0.6 is 0 Å². The summed E-state index contributed by atoms with van der Waals surface area (Å²) in [7, 11) is 0. The number of aryl methyl sites for hydroxylation is 1. The van der Waals surface area contributed by atoms with E-state index < -0.39 is 0 Å². The zero-order valence-corrected chi connectivity index (χ0v) is 13.4. The first-order valence-electron chi connectivity index (χ1n) is 8.29. The predicted octanol–water partition coefficient (Wildman–Crippen LogP) is 2.26. The summed E-state index contributed by atoms with van der Waals surface area (Å²) in [6.07, 6.45) is 8.58. The van der Waals surface area contributed by atoms with Crippen molar-refractivity contribution >= 4 is 16.9 Å². The average Bonchev–Trinajstić information content (AvgIpc) is 3.11. The standard InChI is InChI=1S/C18H19N5O/c24-17(6-3-5-14-4-1-2-8-19-14)23-9-7-15-13(12-23)10-20-18-16(15)11-21-22-18/h1-2,4,8,10-11H,3,5-7,9,12H2,(H,20,21,22). The molecule has 0 radical (unpaired) electrons. The van der Waals surface area contributed by atoms with Crippen molar-refractivity contribution in [3.05, 3.63) is 53.6 Å². The molecule has 0 unspecified atom stereocenters. The lowest BCUT2D eigenvalue weighted by atomic mass is 9.99. The Balaban J connectivity index is 1.38.